The highest BCUT2D eigenvalue weighted by Gasteiger charge is 2.42. The summed E-state index contributed by atoms with van der Waals surface area (Å²) in [5, 5.41) is 9.07. The third-order valence-electron chi connectivity index (χ3n) is 3.71. The van der Waals surface area contributed by atoms with Gasteiger partial charge in [-0.3, -0.25) is 0 Å². The molecule has 1 saturated carbocycles. The zero-order valence-corrected chi connectivity index (χ0v) is 12.0. The Kier molecular flexibility index (Phi) is 3.10. The molecule has 3 aliphatic rings. The number of fused-ring (bicyclic) bond motifs is 1. The average molecular weight is 307 g/mol. The number of nitriles is 1. The van der Waals surface area contributed by atoms with Crippen LogP contribution in [0.2, 0.25) is 0 Å². The number of carbonyl (C=O) groups excluding carboxylic acids is 1. The topological polar surface area (TPSA) is 99.8 Å². The molecule has 0 aromatic heterocycles. The van der Waals surface area contributed by atoms with Crippen molar-refractivity contribution in [1.29, 1.82) is 5.26 Å². The zero-order chi connectivity index (χ0) is 15.1. The summed E-state index contributed by atoms with van der Waals surface area (Å²) in [6.45, 7) is 0.242. The van der Waals surface area contributed by atoms with Crippen molar-refractivity contribution in [2.45, 2.75) is 24.9 Å². The maximum absolute atomic E-state index is 12.1. The zero-order valence-electron chi connectivity index (χ0n) is 11.2. The normalized spacial score (nSPS) is 24.8. The Hall–Kier alpha value is -2.14. The number of carbonyl (C=O) groups is 1. The van der Waals surface area contributed by atoms with Crippen molar-refractivity contribution >= 4 is 21.8 Å². The lowest BCUT2D eigenvalue weighted by atomic mass is 9.81. The summed E-state index contributed by atoms with van der Waals surface area (Å²) in [4.78, 5) is 13.7. The van der Waals surface area contributed by atoms with E-state index in [2.05, 4.69) is 4.40 Å². The lowest BCUT2D eigenvalue weighted by Crippen LogP contribution is -2.41. The third-order valence-corrected chi connectivity index (χ3v) is 4.88. The van der Waals surface area contributed by atoms with E-state index >= 15 is 0 Å². The second-order valence-electron chi connectivity index (χ2n) is 5.20. The van der Waals surface area contributed by atoms with Crippen LogP contribution in [0.3, 0.4) is 0 Å². The Morgan fingerprint density at radius 2 is 2.19 bits per heavy atom. The average Bonchev–Trinajstić information content (AvgIpc) is 2.41. The van der Waals surface area contributed by atoms with Crippen LogP contribution in [0, 0.1) is 11.3 Å². The molecule has 0 aromatic carbocycles. The number of rotatable bonds is 2. The van der Waals surface area contributed by atoms with Crippen molar-refractivity contribution in [3.63, 3.8) is 0 Å². The number of nitrogens with zero attached hydrogens (tertiary/aromatic N) is 3. The Labute approximate surface area is 122 Å². The van der Waals surface area contributed by atoms with Crippen molar-refractivity contribution < 1.29 is 17.9 Å². The van der Waals surface area contributed by atoms with Gasteiger partial charge in [0.15, 0.2) is 5.60 Å². The number of amidine groups is 1. The van der Waals surface area contributed by atoms with Gasteiger partial charge in [-0.1, -0.05) is 0 Å². The monoisotopic (exact) mass is 307 g/mol. The van der Waals surface area contributed by atoms with Gasteiger partial charge < -0.3 is 9.64 Å². The van der Waals surface area contributed by atoms with Crippen LogP contribution < -0.4 is 0 Å². The van der Waals surface area contributed by atoms with Gasteiger partial charge in [0.2, 0.25) is 0 Å². The van der Waals surface area contributed by atoms with Crippen LogP contribution in [-0.2, 0) is 19.6 Å². The lowest BCUT2D eigenvalue weighted by Gasteiger charge is -2.35. The molecule has 7 nitrogen and oxygen atoms in total. The summed E-state index contributed by atoms with van der Waals surface area (Å²) in [5.74, 6) is -0.373. The quantitative estimate of drug-likeness (QED) is 0.688. The first-order chi connectivity index (χ1) is 9.93. The van der Waals surface area contributed by atoms with E-state index in [1.165, 1.54) is 18.4 Å². The van der Waals surface area contributed by atoms with Gasteiger partial charge in [0.25, 0.3) is 10.0 Å². The Balaban J connectivity index is 1.77. The third kappa shape index (κ3) is 2.56. The molecule has 110 valence electrons. The van der Waals surface area contributed by atoms with Gasteiger partial charge in [0, 0.05) is 25.6 Å². The minimum Gasteiger partial charge on any atom is -0.440 e. The molecule has 0 N–H and O–H groups in total. The van der Waals surface area contributed by atoms with Gasteiger partial charge in [0.05, 0.1) is 11.3 Å². The first kappa shape index (κ1) is 13.8. The van der Waals surface area contributed by atoms with Gasteiger partial charge in [-0.2, -0.15) is 5.26 Å². The van der Waals surface area contributed by atoms with E-state index in [4.69, 9.17) is 10.00 Å². The number of esters is 1. The molecule has 3 rings (SSSR count). The van der Waals surface area contributed by atoms with E-state index < -0.39 is 21.6 Å². The standard InChI is InChI=1S/C13H13N3O4S/c14-9-13(4-1-5-13)20-12(17)10-2-3-11-15-21(18,19)7-6-16(11)8-10/h2-3,8H,1,4-7H2. The second-order valence-corrected chi connectivity index (χ2v) is 6.95. The van der Waals surface area contributed by atoms with E-state index in [0.717, 1.165) is 6.42 Å². The smallest absolute Gasteiger partial charge is 0.341 e. The summed E-state index contributed by atoms with van der Waals surface area (Å²) >= 11 is 0. The number of sulfonamides is 1. The van der Waals surface area contributed by atoms with Crippen LogP contribution >= 0.6 is 0 Å². The Morgan fingerprint density at radius 1 is 1.43 bits per heavy atom. The second kappa shape index (κ2) is 4.70. The van der Waals surface area contributed by atoms with E-state index in [1.807, 2.05) is 6.07 Å². The first-order valence-electron chi connectivity index (χ1n) is 6.57. The molecule has 0 aromatic rings. The summed E-state index contributed by atoms with van der Waals surface area (Å²) < 4.78 is 31.7. The minimum absolute atomic E-state index is 0.0920. The predicted octanol–water partition coefficient (Wildman–Crippen LogP) is 0.473. The lowest BCUT2D eigenvalue weighted by molar-refractivity contribution is -0.155. The maximum Gasteiger partial charge on any atom is 0.341 e. The molecule has 0 amide bonds. The van der Waals surface area contributed by atoms with Gasteiger partial charge in [-0.05, 0) is 18.6 Å². The molecule has 21 heavy (non-hydrogen) atoms. The van der Waals surface area contributed by atoms with Gasteiger partial charge in [0.1, 0.15) is 11.9 Å². The molecule has 0 unspecified atom stereocenters. The van der Waals surface area contributed by atoms with Crippen molar-refractivity contribution in [3.8, 4) is 6.07 Å². The maximum atomic E-state index is 12.1. The van der Waals surface area contributed by atoms with Crippen LogP contribution in [-0.4, -0.2) is 43.0 Å². The largest absolute Gasteiger partial charge is 0.440 e. The molecular formula is C13H13N3O4S. The highest BCUT2D eigenvalue weighted by molar-refractivity contribution is 7.90. The van der Waals surface area contributed by atoms with Gasteiger partial charge >= 0.3 is 5.97 Å². The fourth-order valence-electron chi connectivity index (χ4n) is 2.29. The number of ether oxygens (including phenoxy) is 1. The fourth-order valence-corrected chi connectivity index (χ4v) is 3.26. The molecule has 0 bridgehead atoms. The van der Waals surface area contributed by atoms with E-state index in [9.17, 15) is 13.2 Å². The van der Waals surface area contributed by atoms with Gasteiger partial charge in [-0.25, -0.2) is 13.2 Å². The van der Waals surface area contributed by atoms with E-state index in [0.29, 0.717) is 12.8 Å². The van der Waals surface area contributed by atoms with Crippen molar-refractivity contribution in [2.24, 2.45) is 4.40 Å². The highest BCUT2D eigenvalue weighted by Crippen LogP contribution is 2.35. The molecule has 1 aliphatic carbocycles. The van der Waals surface area contributed by atoms with Gasteiger partial charge in [-0.15, -0.1) is 4.40 Å². The summed E-state index contributed by atoms with van der Waals surface area (Å²) in [6.07, 6.45) is 6.42. The molecular weight excluding hydrogens is 294 g/mol. The van der Waals surface area contributed by atoms with Crippen molar-refractivity contribution in [2.75, 3.05) is 12.3 Å². The van der Waals surface area contributed by atoms with Crippen LogP contribution in [0.5, 0.6) is 0 Å². The predicted molar refractivity (Wildman–Crippen MR) is 73.4 cm³/mol. The molecule has 0 radical (unpaired) electrons. The molecule has 0 saturated heterocycles. The highest BCUT2D eigenvalue weighted by atomic mass is 32.2. The molecule has 2 aliphatic heterocycles. The van der Waals surface area contributed by atoms with Crippen molar-refractivity contribution in [3.05, 3.63) is 23.9 Å². The van der Waals surface area contributed by atoms with Crippen LogP contribution in [0.4, 0.5) is 0 Å². The SMILES string of the molecule is N#CC1(OC(=O)C2=CN3CCS(=O)(=O)N=C3C=C2)CCC1. The van der Waals surface area contributed by atoms with Crippen molar-refractivity contribution in [1.82, 2.24) is 4.90 Å². The van der Waals surface area contributed by atoms with E-state index in [-0.39, 0.29) is 23.7 Å². The summed E-state index contributed by atoms with van der Waals surface area (Å²) in [5.41, 5.74) is -0.708. The Morgan fingerprint density at radius 3 is 2.81 bits per heavy atom. The van der Waals surface area contributed by atoms with Crippen LogP contribution in [0.15, 0.2) is 28.3 Å². The fraction of sp³-hybridized carbons (Fsp3) is 0.462. The molecule has 8 heteroatoms. The van der Waals surface area contributed by atoms with Crippen LogP contribution in [0.1, 0.15) is 19.3 Å². The molecule has 1 fully saturated rings. The summed E-state index contributed by atoms with van der Waals surface area (Å²) in [6, 6.07) is 2.04. The molecule has 0 atom stereocenters. The number of hydrogen-bond acceptors (Lipinski definition) is 6. The Bertz CT molecular complexity index is 723. The first-order valence-corrected chi connectivity index (χ1v) is 8.18. The molecule has 2 heterocycles. The number of hydrogen-bond donors (Lipinski definition) is 0. The molecule has 0 spiro atoms. The van der Waals surface area contributed by atoms with E-state index in [1.54, 1.807) is 4.90 Å². The minimum atomic E-state index is -3.41. The van der Waals surface area contributed by atoms with Crippen LogP contribution in [0.25, 0.3) is 0 Å². The summed E-state index contributed by atoms with van der Waals surface area (Å²) in [7, 11) is -3.41.